The third-order valence-corrected chi connectivity index (χ3v) is 3.31. The number of hydrogen-bond donors (Lipinski definition) is 1. The maximum Gasteiger partial charge on any atom is 0.323 e. The van der Waals surface area contributed by atoms with Gasteiger partial charge in [-0.25, -0.2) is 4.39 Å². The second-order valence-electron chi connectivity index (χ2n) is 4.96. The van der Waals surface area contributed by atoms with Crippen molar-refractivity contribution in [2.45, 2.75) is 39.8 Å². The van der Waals surface area contributed by atoms with Gasteiger partial charge in [-0.05, 0) is 44.5 Å². The van der Waals surface area contributed by atoms with Crippen molar-refractivity contribution >= 4 is 5.97 Å². The highest BCUT2D eigenvalue weighted by Gasteiger charge is 2.33. The zero-order valence-electron chi connectivity index (χ0n) is 11.3. The van der Waals surface area contributed by atoms with Crippen molar-refractivity contribution in [2.75, 3.05) is 6.54 Å². The van der Waals surface area contributed by atoms with E-state index >= 15 is 0 Å². The van der Waals surface area contributed by atoms with Crippen LogP contribution >= 0.6 is 0 Å². The van der Waals surface area contributed by atoms with Crippen molar-refractivity contribution in [2.24, 2.45) is 0 Å². The molecule has 0 aliphatic heterocycles. The van der Waals surface area contributed by atoms with Gasteiger partial charge in [0.05, 0.1) is 0 Å². The molecule has 0 unspecified atom stereocenters. The van der Waals surface area contributed by atoms with E-state index in [4.69, 9.17) is 0 Å². The van der Waals surface area contributed by atoms with E-state index in [-0.39, 0.29) is 5.82 Å². The maximum atomic E-state index is 13.5. The van der Waals surface area contributed by atoms with E-state index in [0.29, 0.717) is 18.7 Å². The SMILES string of the molecule is CCN(Cc1ccc(C)c(F)c1)C(C)(C)C(=O)O. The van der Waals surface area contributed by atoms with Gasteiger partial charge in [0.1, 0.15) is 11.4 Å². The van der Waals surface area contributed by atoms with Crippen LogP contribution in [0.4, 0.5) is 4.39 Å². The molecule has 1 aromatic rings. The summed E-state index contributed by atoms with van der Waals surface area (Å²) in [5.74, 6) is -1.13. The summed E-state index contributed by atoms with van der Waals surface area (Å²) in [6.07, 6.45) is 0. The van der Waals surface area contributed by atoms with Gasteiger partial charge in [0.2, 0.25) is 0 Å². The second-order valence-corrected chi connectivity index (χ2v) is 4.96. The number of aryl methyl sites for hydroxylation is 1. The highest BCUT2D eigenvalue weighted by Crippen LogP contribution is 2.19. The quantitative estimate of drug-likeness (QED) is 0.877. The molecule has 0 saturated carbocycles. The monoisotopic (exact) mass is 253 g/mol. The summed E-state index contributed by atoms with van der Waals surface area (Å²) >= 11 is 0. The molecule has 0 spiro atoms. The third kappa shape index (κ3) is 3.07. The second kappa shape index (κ2) is 5.48. The van der Waals surface area contributed by atoms with Gasteiger partial charge >= 0.3 is 5.97 Å². The van der Waals surface area contributed by atoms with Gasteiger partial charge in [-0.2, -0.15) is 0 Å². The number of aliphatic carboxylic acids is 1. The number of benzene rings is 1. The van der Waals surface area contributed by atoms with Crippen molar-refractivity contribution in [3.8, 4) is 0 Å². The Morgan fingerprint density at radius 1 is 1.44 bits per heavy atom. The smallest absolute Gasteiger partial charge is 0.323 e. The van der Waals surface area contributed by atoms with Crippen LogP contribution in [0.2, 0.25) is 0 Å². The van der Waals surface area contributed by atoms with Crippen molar-refractivity contribution in [1.82, 2.24) is 4.90 Å². The molecule has 0 saturated heterocycles. The first kappa shape index (κ1) is 14.6. The fraction of sp³-hybridized carbons (Fsp3) is 0.500. The number of carbonyl (C=O) groups is 1. The van der Waals surface area contributed by atoms with Crippen LogP contribution in [-0.2, 0) is 11.3 Å². The lowest BCUT2D eigenvalue weighted by Gasteiger charge is -2.34. The Bertz CT molecular complexity index is 443. The highest BCUT2D eigenvalue weighted by molar-refractivity contribution is 5.77. The summed E-state index contributed by atoms with van der Waals surface area (Å²) < 4.78 is 13.5. The van der Waals surface area contributed by atoms with Gasteiger partial charge < -0.3 is 5.11 Å². The Kier molecular flexibility index (Phi) is 4.46. The molecule has 1 rings (SSSR count). The molecule has 0 amide bonds. The summed E-state index contributed by atoms with van der Waals surface area (Å²) in [5.41, 5.74) is 0.421. The third-order valence-electron chi connectivity index (χ3n) is 3.31. The fourth-order valence-electron chi connectivity index (χ4n) is 1.80. The molecule has 0 atom stereocenters. The fourth-order valence-corrected chi connectivity index (χ4v) is 1.80. The van der Waals surface area contributed by atoms with Crippen LogP contribution in [0.1, 0.15) is 31.9 Å². The van der Waals surface area contributed by atoms with Gasteiger partial charge in [-0.15, -0.1) is 0 Å². The van der Waals surface area contributed by atoms with Gasteiger partial charge in [0.25, 0.3) is 0 Å². The minimum atomic E-state index is -0.962. The molecule has 3 nitrogen and oxygen atoms in total. The van der Waals surface area contributed by atoms with Crippen molar-refractivity contribution in [3.63, 3.8) is 0 Å². The minimum absolute atomic E-state index is 0.253. The molecule has 1 N–H and O–H groups in total. The number of rotatable bonds is 5. The number of likely N-dealkylation sites (N-methyl/N-ethyl adjacent to an activating group) is 1. The van der Waals surface area contributed by atoms with Crippen LogP contribution < -0.4 is 0 Å². The summed E-state index contributed by atoms with van der Waals surface area (Å²) in [5, 5.41) is 9.20. The largest absolute Gasteiger partial charge is 0.480 e. The molecule has 1 aromatic carbocycles. The Morgan fingerprint density at radius 2 is 2.06 bits per heavy atom. The van der Waals surface area contributed by atoms with Crippen LogP contribution in [0.3, 0.4) is 0 Å². The van der Waals surface area contributed by atoms with Crippen LogP contribution in [0.5, 0.6) is 0 Å². The average Bonchev–Trinajstić information content (AvgIpc) is 2.30. The standard InChI is InChI=1S/C14H20FNO2/c1-5-16(14(3,4)13(17)18)9-11-7-6-10(2)12(15)8-11/h6-8H,5,9H2,1-4H3,(H,17,18). The first-order chi connectivity index (χ1) is 8.28. The maximum absolute atomic E-state index is 13.5. The van der Waals surface area contributed by atoms with E-state index in [1.54, 1.807) is 31.7 Å². The lowest BCUT2D eigenvalue weighted by atomic mass is 10.0. The Labute approximate surface area is 107 Å². The summed E-state index contributed by atoms with van der Waals surface area (Å²) in [6, 6.07) is 5.02. The molecule has 0 aliphatic rings. The minimum Gasteiger partial charge on any atom is -0.480 e. The topological polar surface area (TPSA) is 40.5 Å². The van der Waals surface area contributed by atoms with Crippen LogP contribution in [0.25, 0.3) is 0 Å². The van der Waals surface area contributed by atoms with E-state index in [1.807, 2.05) is 13.0 Å². The van der Waals surface area contributed by atoms with E-state index < -0.39 is 11.5 Å². The average molecular weight is 253 g/mol. The van der Waals surface area contributed by atoms with Gasteiger partial charge in [-0.1, -0.05) is 19.1 Å². The highest BCUT2D eigenvalue weighted by atomic mass is 19.1. The summed E-state index contributed by atoms with van der Waals surface area (Å²) in [7, 11) is 0. The van der Waals surface area contributed by atoms with E-state index in [2.05, 4.69) is 0 Å². The molecule has 100 valence electrons. The molecule has 0 aromatic heterocycles. The van der Waals surface area contributed by atoms with E-state index in [0.717, 1.165) is 5.56 Å². The lowest BCUT2D eigenvalue weighted by molar-refractivity contribution is -0.149. The zero-order chi connectivity index (χ0) is 13.9. The predicted octanol–water partition coefficient (Wildman–Crippen LogP) is 2.82. The number of hydrogen-bond acceptors (Lipinski definition) is 2. The summed E-state index contributed by atoms with van der Waals surface area (Å²) in [6.45, 7) is 7.93. The molecule has 4 heteroatoms. The molecule has 0 fully saturated rings. The molecule has 0 radical (unpaired) electrons. The van der Waals surface area contributed by atoms with Crippen molar-refractivity contribution < 1.29 is 14.3 Å². The molecule has 0 aliphatic carbocycles. The predicted molar refractivity (Wildman–Crippen MR) is 68.9 cm³/mol. The Hall–Kier alpha value is -1.42. The van der Waals surface area contributed by atoms with Crippen molar-refractivity contribution in [3.05, 3.63) is 35.1 Å². The van der Waals surface area contributed by atoms with Crippen molar-refractivity contribution in [1.29, 1.82) is 0 Å². The van der Waals surface area contributed by atoms with Gasteiger partial charge in [0.15, 0.2) is 0 Å². The molecule has 0 heterocycles. The van der Waals surface area contributed by atoms with Gasteiger partial charge in [0, 0.05) is 6.54 Å². The first-order valence-corrected chi connectivity index (χ1v) is 6.02. The number of carboxylic acids is 1. The van der Waals surface area contributed by atoms with E-state index in [1.165, 1.54) is 6.07 Å². The lowest BCUT2D eigenvalue weighted by Crippen LogP contribution is -2.49. The van der Waals surface area contributed by atoms with Crippen LogP contribution in [0, 0.1) is 12.7 Å². The Balaban J connectivity index is 2.93. The first-order valence-electron chi connectivity index (χ1n) is 6.02. The molecule has 18 heavy (non-hydrogen) atoms. The molecule has 0 bridgehead atoms. The molecular formula is C14H20FNO2. The number of nitrogens with zero attached hydrogens (tertiary/aromatic N) is 1. The van der Waals surface area contributed by atoms with Crippen LogP contribution in [-0.4, -0.2) is 28.1 Å². The zero-order valence-corrected chi connectivity index (χ0v) is 11.3. The number of carboxylic acid groups (broad SMARTS) is 1. The Morgan fingerprint density at radius 3 is 2.50 bits per heavy atom. The molecular weight excluding hydrogens is 233 g/mol. The normalized spacial score (nSPS) is 11.9. The summed E-state index contributed by atoms with van der Waals surface area (Å²) in [4.78, 5) is 13.0. The van der Waals surface area contributed by atoms with Gasteiger partial charge in [-0.3, -0.25) is 9.69 Å². The number of halogens is 1. The van der Waals surface area contributed by atoms with E-state index in [9.17, 15) is 14.3 Å². The van der Waals surface area contributed by atoms with Crippen LogP contribution in [0.15, 0.2) is 18.2 Å².